The molecule has 2 rings (SSSR count). The summed E-state index contributed by atoms with van der Waals surface area (Å²) >= 11 is 0. The third kappa shape index (κ3) is 1.04. The Morgan fingerprint density at radius 2 is 2.50 bits per heavy atom. The van der Waals surface area contributed by atoms with Crippen LogP contribution < -0.4 is 5.32 Å². The first-order valence-corrected chi connectivity index (χ1v) is 4.08. The smallest absolute Gasteiger partial charge is 0.302 e. The van der Waals surface area contributed by atoms with Crippen molar-refractivity contribution in [2.75, 3.05) is 20.2 Å². The lowest BCUT2D eigenvalue weighted by Gasteiger charge is -2.44. The second-order valence-corrected chi connectivity index (χ2v) is 2.87. The number of aliphatic imine (C=N–C) groups is 1. The molecule has 0 bridgehead atoms. The molecule has 1 atom stereocenters. The van der Waals surface area contributed by atoms with Gasteiger partial charge in [0.05, 0.1) is 6.21 Å². The van der Waals surface area contributed by atoms with Gasteiger partial charge in [-0.05, 0) is 12.5 Å². The molecule has 1 fully saturated rings. The van der Waals surface area contributed by atoms with Crippen LogP contribution in [0.15, 0.2) is 17.3 Å². The second-order valence-electron chi connectivity index (χ2n) is 2.87. The first kappa shape index (κ1) is 7.76. The minimum absolute atomic E-state index is 0.674. The molecule has 1 saturated heterocycles. The van der Waals surface area contributed by atoms with Crippen molar-refractivity contribution in [2.24, 2.45) is 4.99 Å². The first-order valence-electron chi connectivity index (χ1n) is 4.08. The quantitative estimate of drug-likeness (QED) is 0.628. The molecular formula is C8H12N3O. The highest BCUT2D eigenvalue weighted by Crippen LogP contribution is 2.22. The van der Waals surface area contributed by atoms with Crippen LogP contribution in [0.3, 0.4) is 0 Å². The SMILES string of the molecule is COC1(N2CCC2)N=[C]C=CN1. The molecular weight excluding hydrogens is 154 g/mol. The largest absolute Gasteiger partial charge is 0.332 e. The fourth-order valence-electron chi connectivity index (χ4n) is 1.36. The van der Waals surface area contributed by atoms with Gasteiger partial charge in [-0.3, -0.25) is 0 Å². The molecule has 0 aromatic heterocycles. The number of allylic oxidation sites excluding steroid dienone is 1. The molecule has 1 unspecified atom stereocenters. The van der Waals surface area contributed by atoms with Crippen LogP contribution in [0.2, 0.25) is 0 Å². The second kappa shape index (κ2) is 2.88. The van der Waals surface area contributed by atoms with E-state index in [0.717, 1.165) is 13.1 Å². The van der Waals surface area contributed by atoms with Gasteiger partial charge in [0.15, 0.2) is 0 Å². The molecule has 2 aliphatic heterocycles. The molecule has 4 heteroatoms. The average molecular weight is 166 g/mol. The van der Waals surface area contributed by atoms with Crippen LogP contribution in [0.1, 0.15) is 6.42 Å². The number of ether oxygens (including phenoxy) is 1. The zero-order valence-corrected chi connectivity index (χ0v) is 7.08. The Hall–Kier alpha value is -0.870. The van der Waals surface area contributed by atoms with Crippen molar-refractivity contribution in [1.82, 2.24) is 10.2 Å². The molecule has 0 amide bonds. The minimum atomic E-state index is -0.674. The molecule has 0 aliphatic carbocycles. The van der Waals surface area contributed by atoms with Crippen LogP contribution in [0.25, 0.3) is 0 Å². The van der Waals surface area contributed by atoms with Gasteiger partial charge >= 0.3 is 5.97 Å². The highest BCUT2D eigenvalue weighted by molar-refractivity contribution is 5.72. The molecule has 0 aromatic rings. The standard InChI is InChI=1S/C8H12N3O/c1-12-8(11-6-3-7-11)9-4-2-5-10-8/h2,4,9H,3,6-7H2,1H3. The normalized spacial score (nSPS) is 34.4. The summed E-state index contributed by atoms with van der Waals surface area (Å²) in [6, 6.07) is 0. The Morgan fingerprint density at radius 3 is 2.92 bits per heavy atom. The maximum absolute atomic E-state index is 5.32. The van der Waals surface area contributed by atoms with Gasteiger partial charge in [0.1, 0.15) is 0 Å². The number of nitrogens with one attached hydrogen (secondary N) is 1. The van der Waals surface area contributed by atoms with E-state index in [9.17, 15) is 0 Å². The van der Waals surface area contributed by atoms with Gasteiger partial charge in [0.25, 0.3) is 0 Å². The zero-order valence-electron chi connectivity index (χ0n) is 7.08. The lowest BCUT2D eigenvalue weighted by Crippen LogP contribution is -2.62. The first-order chi connectivity index (χ1) is 5.87. The van der Waals surface area contributed by atoms with Gasteiger partial charge in [-0.15, -0.1) is 0 Å². The summed E-state index contributed by atoms with van der Waals surface area (Å²) in [6.45, 7) is 2.06. The Morgan fingerprint density at radius 1 is 1.67 bits per heavy atom. The summed E-state index contributed by atoms with van der Waals surface area (Å²) in [6.07, 6.45) is 7.54. The molecule has 1 radical (unpaired) electrons. The average Bonchev–Trinajstić information content (AvgIpc) is 2.03. The Balaban J connectivity index is 2.12. The van der Waals surface area contributed by atoms with Gasteiger partial charge < -0.3 is 10.1 Å². The van der Waals surface area contributed by atoms with E-state index in [-0.39, 0.29) is 0 Å². The molecule has 2 heterocycles. The van der Waals surface area contributed by atoms with Crippen molar-refractivity contribution in [3.05, 3.63) is 12.3 Å². The van der Waals surface area contributed by atoms with Crippen molar-refractivity contribution in [3.63, 3.8) is 0 Å². The van der Waals surface area contributed by atoms with Crippen LogP contribution in [0.5, 0.6) is 0 Å². The topological polar surface area (TPSA) is 36.9 Å². The van der Waals surface area contributed by atoms with E-state index in [0.29, 0.717) is 0 Å². The number of nitrogens with zero attached hydrogens (tertiary/aromatic N) is 2. The van der Waals surface area contributed by atoms with Crippen LogP contribution in [-0.4, -0.2) is 37.3 Å². The van der Waals surface area contributed by atoms with E-state index in [1.54, 1.807) is 19.4 Å². The highest BCUT2D eigenvalue weighted by Gasteiger charge is 2.39. The van der Waals surface area contributed by atoms with Gasteiger partial charge in [0, 0.05) is 26.4 Å². The summed E-state index contributed by atoms with van der Waals surface area (Å²) in [7, 11) is 1.65. The van der Waals surface area contributed by atoms with Gasteiger partial charge in [0.2, 0.25) is 0 Å². The molecule has 65 valence electrons. The summed E-state index contributed by atoms with van der Waals surface area (Å²) in [5.41, 5.74) is 0. The van der Waals surface area contributed by atoms with E-state index in [2.05, 4.69) is 21.4 Å². The molecule has 2 aliphatic rings. The van der Waals surface area contributed by atoms with E-state index >= 15 is 0 Å². The maximum Gasteiger partial charge on any atom is 0.302 e. The Bertz CT molecular complexity index is 222. The fourth-order valence-corrected chi connectivity index (χ4v) is 1.36. The number of methoxy groups -OCH3 is 1. The predicted octanol–water partition coefficient (Wildman–Crippen LogP) is 0.0145. The third-order valence-corrected chi connectivity index (χ3v) is 2.21. The van der Waals surface area contributed by atoms with Crippen molar-refractivity contribution < 1.29 is 4.74 Å². The van der Waals surface area contributed by atoms with Crippen LogP contribution in [0.4, 0.5) is 0 Å². The van der Waals surface area contributed by atoms with Gasteiger partial charge in [-0.2, -0.15) is 0 Å². The molecule has 4 nitrogen and oxygen atoms in total. The van der Waals surface area contributed by atoms with Gasteiger partial charge in [-0.25, -0.2) is 9.89 Å². The number of hydrogen-bond acceptors (Lipinski definition) is 4. The predicted molar refractivity (Wildman–Crippen MR) is 45.6 cm³/mol. The van der Waals surface area contributed by atoms with Gasteiger partial charge in [-0.1, -0.05) is 0 Å². The molecule has 0 spiro atoms. The van der Waals surface area contributed by atoms with Crippen LogP contribution in [-0.2, 0) is 4.74 Å². The van der Waals surface area contributed by atoms with Crippen molar-refractivity contribution in [3.8, 4) is 0 Å². The summed E-state index contributed by atoms with van der Waals surface area (Å²) in [5, 5.41) is 3.08. The third-order valence-electron chi connectivity index (χ3n) is 2.21. The molecule has 0 saturated carbocycles. The molecule has 12 heavy (non-hydrogen) atoms. The lowest BCUT2D eigenvalue weighted by molar-refractivity contribution is -0.169. The summed E-state index contributed by atoms with van der Waals surface area (Å²) in [5.74, 6) is -0.674. The van der Waals surface area contributed by atoms with Crippen molar-refractivity contribution in [2.45, 2.75) is 12.4 Å². The fraction of sp³-hybridized carbons (Fsp3) is 0.625. The Kier molecular flexibility index (Phi) is 1.86. The monoisotopic (exact) mass is 166 g/mol. The van der Waals surface area contributed by atoms with Crippen molar-refractivity contribution in [1.29, 1.82) is 0 Å². The van der Waals surface area contributed by atoms with Crippen molar-refractivity contribution >= 4 is 6.21 Å². The van der Waals surface area contributed by atoms with E-state index in [1.807, 2.05) is 0 Å². The van der Waals surface area contributed by atoms with Crippen LogP contribution in [0, 0.1) is 0 Å². The van der Waals surface area contributed by atoms with Crippen LogP contribution >= 0.6 is 0 Å². The molecule has 1 N–H and O–H groups in total. The highest BCUT2D eigenvalue weighted by atomic mass is 16.5. The minimum Gasteiger partial charge on any atom is -0.332 e. The summed E-state index contributed by atoms with van der Waals surface area (Å²) < 4.78 is 5.32. The van der Waals surface area contributed by atoms with E-state index in [4.69, 9.17) is 4.74 Å². The number of rotatable bonds is 2. The zero-order chi connectivity index (χ0) is 8.44. The van der Waals surface area contributed by atoms with E-state index in [1.165, 1.54) is 6.42 Å². The lowest BCUT2D eigenvalue weighted by atomic mass is 10.2. The molecule has 0 aromatic carbocycles. The maximum atomic E-state index is 5.32. The number of hydrogen-bond donors (Lipinski definition) is 1. The van der Waals surface area contributed by atoms with E-state index < -0.39 is 5.97 Å². The Labute approximate surface area is 71.9 Å². The number of likely N-dealkylation sites (tertiary alicyclic amines) is 1. The summed E-state index contributed by atoms with van der Waals surface area (Å²) in [4.78, 5) is 6.29.